The number of hydrogen-bond donors (Lipinski definition) is 0. The summed E-state index contributed by atoms with van der Waals surface area (Å²) in [4.78, 5) is 19.6. The molecule has 0 N–H and O–H groups in total. The maximum atomic E-state index is 12.3. The van der Waals surface area contributed by atoms with Crippen LogP contribution in [-0.2, 0) is 9.63 Å². The summed E-state index contributed by atoms with van der Waals surface area (Å²) >= 11 is 0. The summed E-state index contributed by atoms with van der Waals surface area (Å²) in [7, 11) is 0. The van der Waals surface area contributed by atoms with Crippen LogP contribution in [0, 0.1) is 5.92 Å². The Morgan fingerprint density at radius 2 is 1.88 bits per heavy atom. The van der Waals surface area contributed by atoms with Gasteiger partial charge in [0.15, 0.2) is 6.04 Å². The van der Waals surface area contributed by atoms with Crippen LogP contribution in [0.3, 0.4) is 0 Å². The topological polar surface area (TPSA) is 41.9 Å². The molecule has 25 heavy (non-hydrogen) atoms. The molecule has 0 saturated carbocycles. The highest BCUT2D eigenvalue weighted by molar-refractivity contribution is 6.11. The second kappa shape index (κ2) is 6.81. The summed E-state index contributed by atoms with van der Waals surface area (Å²) in [6.07, 6.45) is 10.0. The molecule has 4 heteroatoms. The van der Waals surface area contributed by atoms with Gasteiger partial charge < -0.3 is 4.84 Å². The second-order valence-corrected chi connectivity index (χ2v) is 6.85. The highest BCUT2D eigenvalue weighted by atomic mass is 16.7. The van der Waals surface area contributed by atoms with Gasteiger partial charge in [-0.1, -0.05) is 66.4 Å². The fraction of sp³-hybridized carbons (Fsp3) is 0.333. The lowest BCUT2D eigenvalue weighted by Crippen LogP contribution is -2.49. The van der Waals surface area contributed by atoms with Crippen LogP contribution >= 0.6 is 0 Å². The smallest absolute Gasteiger partial charge is 0.316 e. The zero-order valence-electron chi connectivity index (χ0n) is 14.2. The van der Waals surface area contributed by atoms with Crippen molar-refractivity contribution in [1.82, 2.24) is 4.90 Å². The van der Waals surface area contributed by atoms with Crippen molar-refractivity contribution in [2.24, 2.45) is 11.1 Å². The van der Waals surface area contributed by atoms with Gasteiger partial charge in [0.25, 0.3) is 0 Å². The SMILES string of the molecule is C=C1C=CC=CC1C1=NOC(=O)C1N1CCC(c2ccccc2)CC1. The van der Waals surface area contributed by atoms with Gasteiger partial charge in [-0.3, -0.25) is 4.90 Å². The number of carbonyl (C=O) groups is 1. The summed E-state index contributed by atoms with van der Waals surface area (Å²) < 4.78 is 0. The summed E-state index contributed by atoms with van der Waals surface area (Å²) in [6, 6.07) is 10.2. The Bertz CT molecular complexity index is 755. The van der Waals surface area contributed by atoms with Crippen molar-refractivity contribution in [3.05, 3.63) is 72.4 Å². The van der Waals surface area contributed by atoms with Crippen molar-refractivity contribution >= 4 is 11.7 Å². The van der Waals surface area contributed by atoms with Gasteiger partial charge in [-0.2, -0.15) is 0 Å². The minimum absolute atomic E-state index is 0.0479. The van der Waals surface area contributed by atoms with Crippen molar-refractivity contribution in [3.8, 4) is 0 Å². The van der Waals surface area contributed by atoms with Gasteiger partial charge in [0.1, 0.15) is 0 Å². The lowest BCUT2D eigenvalue weighted by Gasteiger charge is -2.35. The Kier molecular flexibility index (Phi) is 4.36. The van der Waals surface area contributed by atoms with E-state index in [2.05, 4.69) is 47.0 Å². The Balaban J connectivity index is 1.47. The van der Waals surface area contributed by atoms with Crippen LogP contribution in [0.15, 0.2) is 71.9 Å². The molecule has 1 aliphatic carbocycles. The Morgan fingerprint density at radius 3 is 2.60 bits per heavy atom. The highest BCUT2D eigenvalue weighted by Crippen LogP contribution is 2.32. The molecule has 2 aliphatic heterocycles. The molecule has 1 fully saturated rings. The van der Waals surface area contributed by atoms with E-state index in [0.29, 0.717) is 5.92 Å². The van der Waals surface area contributed by atoms with Crippen LogP contribution < -0.4 is 0 Å². The average Bonchev–Trinajstić information content (AvgIpc) is 3.04. The fourth-order valence-electron chi connectivity index (χ4n) is 3.97. The van der Waals surface area contributed by atoms with E-state index in [1.165, 1.54) is 5.56 Å². The number of hydrogen-bond acceptors (Lipinski definition) is 4. The largest absolute Gasteiger partial charge is 0.357 e. The number of likely N-dealkylation sites (tertiary alicyclic amines) is 1. The normalized spacial score (nSPS) is 27.4. The second-order valence-electron chi connectivity index (χ2n) is 6.85. The van der Waals surface area contributed by atoms with Crippen LogP contribution in [-0.4, -0.2) is 35.7 Å². The Hall–Kier alpha value is -2.46. The van der Waals surface area contributed by atoms with E-state index < -0.39 is 0 Å². The number of oxime groups is 1. The first-order chi connectivity index (χ1) is 12.2. The molecule has 1 saturated heterocycles. The molecule has 1 aromatic rings. The van der Waals surface area contributed by atoms with Crippen LogP contribution in [0.4, 0.5) is 0 Å². The number of carbonyl (C=O) groups excluding carboxylic acids is 1. The van der Waals surface area contributed by atoms with Gasteiger partial charge >= 0.3 is 5.97 Å². The molecule has 0 radical (unpaired) electrons. The molecule has 2 unspecified atom stereocenters. The van der Waals surface area contributed by atoms with E-state index in [1.54, 1.807) is 0 Å². The van der Waals surface area contributed by atoms with Crippen LogP contribution in [0.5, 0.6) is 0 Å². The molecule has 3 aliphatic rings. The lowest BCUT2D eigenvalue weighted by molar-refractivity contribution is -0.144. The number of piperidine rings is 1. The monoisotopic (exact) mass is 334 g/mol. The summed E-state index contributed by atoms with van der Waals surface area (Å²) in [5.74, 6) is 0.250. The zero-order valence-corrected chi connectivity index (χ0v) is 14.2. The minimum Gasteiger partial charge on any atom is -0.316 e. The van der Waals surface area contributed by atoms with E-state index in [9.17, 15) is 4.79 Å². The summed E-state index contributed by atoms with van der Waals surface area (Å²) in [6.45, 7) is 5.84. The maximum Gasteiger partial charge on any atom is 0.357 e. The van der Waals surface area contributed by atoms with Crippen LogP contribution in [0.25, 0.3) is 0 Å². The third kappa shape index (κ3) is 3.10. The molecular weight excluding hydrogens is 312 g/mol. The van der Waals surface area contributed by atoms with E-state index in [1.807, 2.05) is 24.3 Å². The van der Waals surface area contributed by atoms with Crippen molar-refractivity contribution in [2.75, 3.05) is 13.1 Å². The Morgan fingerprint density at radius 1 is 1.12 bits per heavy atom. The highest BCUT2D eigenvalue weighted by Gasteiger charge is 2.42. The van der Waals surface area contributed by atoms with Gasteiger partial charge in [-0.25, -0.2) is 4.79 Å². The zero-order chi connectivity index (χ0) is 17.2. The molecule has 1 aromatic carbocycles. The number of allylic oxidation sites excluding steroid dienone is 5. The molecule has 0 bridgehead atoms. The van der Waals surface area contributed by atoms with Gasteiger partial charge in [0.05, 0.1) is 5.71 Å². The predicted molar refractivity (Wildman–Crippen MR) is 98.2 cm³/mol. The average molecular weight is 334 g/mol. The molecule has 4 rings (SSSR count). The van der Waals surface area contributed by atoms with Crippen molar-refractivity contribution in [3.63, 3.8) is 0 Å². The summed E-state index contributed by atoms with van der Waals surface area (Å²) in [5, 5.41) is 4.10. The third-order valence-corrected chi connectivity index (χ3v) is 5.35. The van der Waals surface area contributed by atoms with Crippen molar-refractivity contribution in [1.29, 1.82) is 0 Å². The van der Waals surface area contributed by atoms with E-state index in [-0.39, 0.29) is 17.9 Å². The van der Waals surface area contributed by atoms with Gasteiger partial charge in [0.2, 0.25) is 0 Å². The van der Waals surface area contributed by atoms with Crippen LogP contribution in [0.2, 0.25) is 0 Å². The lowest BCUT2D eigenvalue weighted by atomic mass is 9.85. The maximum absolute atomic E-state index is 12.3. The number of benzene rings is 1. The van der Waals surface area contributed by atoms with Gasteiger partial charge in [-0.15, -0.1) is 0 Å². The molecule has 128 valence electrons. The number of rotatable bonds is 3. The molecular formula is C21H22N2O2. The predicted octanol–water partition coefficient (Wildman–Crippen LogP) is 3.45. The molecule has 0 aromatic heterocycles. The van der Waals surface area contributed by atoms with Gasteiger partial charge in [-0.05, 0) is 43.0 Å². The van der Waals surface area contributed by atoms with E-state index >= 15 is 0 Å². The molecule has 0 amide bonds. The molecule has 2 heterocycles. The Labute approximate surface area is 148 Å². The molecule has 2 atom stereocenters. The van der Waals surface area contributed by atoms with Crippen LogP contribution in [0.1, 0.15) is 24.3 Å². The third-order valence-electron chi connectivity index (χ3n) is 5.35. The minimum atomic E-state index is -0.380. The first-order valence-electron chi connectivity index (χ1n) is 8.85. The van der Waals surface area contributed by atoms with E-state index in [0.717, 1.165) is 37.2 Å². The number of nitrogens with zero attached hydrogens (tertiary/aromatic N) is 2. The first-order valence-corrected chi connectivity index (χ1v) is 8.85. The van der Waals surface area contributed by atoms with Crippen molar-refractivity contribution in [2.45, 2.75) is 24.8 Å². The first kappa shape index (κ1) is 16.0. The summed E-state index contributed by atoms with van der Waals surface area (Å²) in [5.41, 5.74) is 3.11. The molecule has 4 nitrogen and oxygen atoms in total. The quantitative estimate of drug-likeness (QED) is 0.795. The molecule has 0 spiro atoms. The van der Waals surface area contributed by atoms with E-state index in [4.69, 9.17) is 4.84 Å². The standard InChI is InChI=1S/C21H22N2O2/c1-15-7-5-6-10-18(15)19-20(21(24)25-22-19)23-13-11-17(12-14-23)16-8-3-2-4-9-16/h2-10,17-18,20H,1,11-14H2. The fourth-order valence-corrected chi connectivity index (χ4v) is 3.97. The van der Waals surface area contributed by atoms with Gasteiger partial charge in [0, 0.05) is 5.92 Å². The van der Waals surface area contributed by atoms with Crippen molar-refractivity contribution < 1.29 is 9.63 Å².